The van der Waals surface area contributed by atoms with Crippen LogP contribution >= 0.6 is 0 Å². The fourth-order valence-electron chi connectivity index (χ4n) is 1.83. The lowest BCUT2D eigenvalue weighted by molar-refractivity contribution is 0.174. The molecular weight excluding hydrogens is 233 g/mol. The second-order valence-electron chi connectivity index (χ2n) is 4.30. The lowest BCUT2D eigenvalue weighted by atomic mass is 10.3. The van der Waals surface area contributed by atoms with Crippen molar-refractivity contribution in [3.05, 3.63) is 18.2 Å². The van der Waals surface area contributed by atoms with Gasteiger partial charge < -0.3 is 4.74 Å². The Hall–Kier alpha value is -1.23. The molecule has 1 aromatic rings. The van der Waals surface area contributed by atoms with Gasteiger partial charge in [0.1, 0.15) is 6.10 Å². The van der Waals surface area contributed by atoms with E-state index in [1.807, 2.05) is 13.8 Å². The van der Waals surface area contributed by atoms with Gasteiger partial charge in [0.15, 0.2) is 5.82 Å². The molecule has 0 amide bonds. The van der Waals surface area contributed by atoms with Gasteiger partial charge in [0, 0.05) is 19.1 Å². The molecule has 1 aliphatic heterocycles. The Morgan fingerprint density at radius 2 is 1.94 bits per heavy atom. The first-order valence-corrected chi connectivity index (χ1v) is 6.53. The van der Waals surface area contributed by atoms with Gasteiger partial charge in [-0.3, -0.25) is 4.90 Å². The monoisotopic (exact) mass is 255 g/mol. The Bertz CT molecular complexity index is 343. The van der Waals surface area contributed by atoms with Gasteiger partial charge >= 0.3 is 6.01 Å². The van der Waals surface area contributed by atoms with E-state index in [9.17, 15) is 4.39 Å². The maximum absolute atomic E-state index is 12.6. The van der Waals surface area contributed by atoms with Gasteiger partial charge in [-0.05, 0) is 20.3 Å². The van der Waals surface area contributed by atoms with Crippen LogP contribution in [0, 0.1) is 5.82 Å². The summed E-state index contributed by atoms with van der Waals surface area (Å²) in [5, 5.41) is 0. The number of aromatic nitrogens is 2. The van der Waals surface area contributed by atoms with E-state index in [1.54, 1.807) is 0 Å². The van der Waals surface area contributed by atoms with E-state index in [0.29, 0.717) is 6.04 Å². The number of nitrogens with zero attached hydrogens (tertiary/aromatic N) is 3. The fourth-order valence-corrected chi connectivity index (χ4v) is 1.83. The van der Waals surface area contributed by atoms with Crippen molar-refractivity contribution in [2.45, 2.75) is 46.3 Å². The van der Waals surface area contributed by atoms with Crippen LogP contribution in [0.2, 0.25) is 0 Å². The highest BCUT2D eigenvalue weighted by Crippen LogP contribution is 2.16. The van der Waals surface area contributed by atoms with Crippen LogP contribution in [0.25, 0.3) is 0 Å². The van der Waals surface area contributed by atoms with Crippen molar-refractivity contribution in [1.29, 1.82) is 0 Å². The van der Waals surface area contributed by atoms with Crippen molar-refractivity contribution in [3.63, 3.8) is 0 Å². The maximum atomic E-state index is 12.6. The quantitative estimate of drug-likeness (QED) is 0.831. The van der Waals surface area contributed by atoms with Gasteiger partial charge in [0.25, 0.3) is 0 Å². The van der Waals surface area contributed by atoms with Crippen LogP contribution < -0.4 is 4.74 Å². The van der Waals surface area contributed by atoms with Crippen molar-refractivity contribution in [1.82, 2.24) is 14.9 Å². The van der Waals surface area contributed by atoms with Crippen LogP contribution in [-0.2, 0) is 0 Å². The summed E-state index contributed by atoms with van der Waals surface area (Å²) in [6.45, 7) is 10.2. The highest BCUT2D eigenvalue weighted by molar-refractivity contribution is 4.97. The Morgan fingerprint density at radius 3 is 2.44 bits per heavy atom. The first-order valence-electron chi connectivity index (χ1n) is 6.53. The molecule has 1 aromatic heterocycles. The van der Waals surface area contributed by atoms with E-state index in [4.69, 9.17) is 4.74 Å². The lowest BCUT2D eigenvalue weighted by Gasteiger charge is -2.19. The zero-order valence-electron chi connectivity index (χ0n) is 11.6. The second-order valence-corrected chi connectivity index (χ2v) is 4.30. The zero-order valence-corrected chi connectivity index (χ0v) is 11.6. The summed E-state index contributed by atoms with van der Waals surface area (Å²) in [4.78, 5) is 9.91. The lowest BCUT2D eigenvalue weighted by Crippen LogP contribution is -2.30. The third kappa shape index (κ3) is 4.22. The smallest absolute Gasteiger partial charge is 0.316 e. The molecule has 18 heavy (non-hydrogen) atoms. The summed E-state index contributed by atoms with van der Waals surface area (Å²) in [7, 11) is 0. The van der Waals surface area contributed by atoms with Crippen molar-refractivity contribution >= 4 is 0 Å². The van der Waals surface area contributed by atoms with Gasteiger partial charge in [0.05, 0.1) is 12.4 Å². The summed E-state index contributed by atoms with van der Waals surface area (Å²) in [6.07, 6.45) is 3.33. The number of hydrogen-bond donors (Lipinski definition) is 0. The number of ether oxygens (including phenoxy) is 1. The minimum Gasteiger partial charge on any atom is -0.459 e. The van der Waals surface area contributed by atoms with Crippen LogP contribution in [0.4, 0.5) is 4.39 Å². The molecule has 2 rings (SSSR count). The molecule has 2 heterocycles. The van der Waals surface area contributed by atoms with E-state index in [-0.39, 0.29) is 12.1 Å². The molecule has 4 nitrogen and oxygen atoms in total. The predicted octanol–water partition coefficient (Wildman–Crippen LogP) is 2.50. The molecule has 0 saturated carbocycles. The summed E-state index contributed by atoms with van der Waals surface area (Å²) >= 11 is 0. The summed E-state index contributed by atoms with van der Waals surface area (Å²) < 4.78 is 18.2. The second kappa shape index (κ2) is 7.26. The van der Waals surface area contributed by atoms with Crippen LogP contribution in [0.3, 0.4) is 0 Å². The first kappa shape index (κ1) is 14.8. The maximum Gasteiger partial charge on any atom is 0.316 e. The number of hydrogen-bond acceptors (Lipinski definition) is 4. The van der Waals surface area contributed by atoms with E-state index in [2.05, 4.69) is 28.7 Å². The molecule has 0 radical (unpaired) electrons. The van der Waals surface area contributed by atoms with E-state index >= 15 is 0 Å². The Labute approximate surface area is 108 Å². The zero-order chi connectivity index (χ0) is 13.5. The Morgan fingerprint density at radius 1 is 1.33 bits per heavy atom. The largest absolute Gasteiger partial charge is 0.459 e. The number of rotatable bonds is 3. The molecule has 1 atom stereocenters. The molecule has 1 fully saturated rings. The Balaban J connectivity index is 0.000000771. The molecule has 0 spiro atoms. The van der Waals surface area contributed by atoms with E-state index in [1.165, 1.54) is 0 Å². The molecule has 102 valence electrons. The van der Waals surface area contributed by atoms with Crippen LogP contribution in [0.5, 0.6) is 6.01 Å². The van der Waals surface area contributed by atoms with E-state index < -0.39 is 5.82 Å². The third-order valence-corrected chi connectivity index (χ3v) is 2.78. The third-order valence-electron chi connectivity index (χ3n) is 2.78. The minimum atomic E-state index is -0.442. The molecule has 1 saturated heterocycles. The van der Waals surface area contributed by atoms with Crippen molar-refractivity contribution in [2.75, 3.05) is 13.1 Å². The van der Waals surface area contributed by atoms with Crippen LogP contribution in [0.1, 0.15) is 34.1 Å². The first-order chi connectivity index (χ1) is 8.65. The van der Waals surface area contributed by atoms with Gasteiger partial charge in [0.2, 0.25) is 0 Å². The molecule has 0 aliphatic carbocycles. The highest BCUT2D eigenvalue weighted by Gasteiger charge is 2.26. The SMILES string of the molecule is CC.CC(C)N1CCC(Oc2ncc(F)cn2)C1. The van der Waals surface area contributed by atoms with Gasteiger partial charge in [-0.2, -0.15) is 0 Å². The average molecular weight is 255 g/mol. The average Bonchev–Trinajstić information content (AvgIpc) is 2.83. The molecule has 1 unspecified atom stereocenters. The normalized spacial score (nSPS) is 19.6. The molecule has 1 aliphatic rings. The van der Waals surface area contributed by atoms with Crippen molar-refractivity contribution in [2.24, 2.45) is 0 Å². The summed E-state index contributed by atoms with van der Waals surface area (Å²) in [5.74, 6) is -0.442. The van der Waals surface area contributed by atoms with Gasteiger partial charge in [-0.1, -0.05) is 13.8 Å². The molecular formula is C13H22FN3O. The van der Waals surface area contributed by atoms with Crippen LogP contribution in [0.15, 0.2) is 12.4 Å². The van der Waals surface area contributed by atoms with E-state index in [0.717, 1.165) is 31.9 Å². The highest BCUT2D eigenvalue weighted by atomic mass is 19.1. The van der Waals surface area contributed by atoms with Crippen molar-refractivity contribution < 1.29 is 9.13 Å². The topological polar surface area (TPSA) is 38.2 Å². The van der Waals surface area contributed by atoms with Crippen LogP contribution in [-0.4, -0.2) is 40.1 Å². The summed E-state index contributed by atoms with van der Waals surface area (Å²) in [6, 6.07) is 0.791. The fraction of sp³-hybridized carbons (Fsp3) is 0.692. The minimum absolute atomic E-state index is 0.118. The molecule has 0 bridgehead atoms. The standard InChI is InChI=1S/C11H16FN3O.C2H6/c1-8(2)15-4-3-10(7-15)16-11-13-5-9(12)6-14-11;1-2/h5-6,8,10H,3-4,7H2,1-2H3;1-2H3. The molecule has 0 aromatic carbocycles. The Kier molecular flexibility index (Phi) is 5.98. The van der Waals surface area contributed by atoms with Crippen molar-refractivity contribution in [3.8, 4) is 6.01 Å². The number of halogens is 1. The summed E-state index contributed by atoms with van der Waals surface area (Å²) in [5.41, 5.74) is 0. The van der Waals surface area contributed by atoms with Gasteiger partial charge in [-0.25, -0.2) is 14.4 Å². The predicted molar refractivity (Wildman–Crippen MR) is 69.1 cm³/mol. The molecule has 0 N–H and O–H groups in total. The molecule has 5 heteroatoms. The van der Waals surface area contributed by atoms with Gasteiger partial charge in [-0.15, -0.1) is 0 Å². The number of likely N-dealkylation sites (tertiary alicyclic amines) is 1.